The zero-order valence-corrected chi connectivity index (χ0v) is 17.9. The van der Waals surface area contributed by atoms with Gasteiger partial charge in [-0.25, -0.2) is 8.42 Å². The van der Waals surface area contributed by atoms with Crippen molar-refractivity contribution in [1.82, 2.24) is 0 Å². The third-order valence-electron chi connectivity index (χ3n) is 4.20. The molecule has 2 N–H and O–H groups in total. The maximum Gasteiger partial charge on any atom is 0.416 e. The van der Waals surface area contributed by atoms with E-state index >= 15 is 0 Å². The molecule has 0 aliphatic rings. The van der Waals surface area contributed by atoms with Crippen molar-refractivity contribution in [3.05, 3.63) is 93.0 Å². The van der Waals surface area contributed by atoms with Gasteiger partial charge in [0.2, 0.25) is 0 Å². The Balaban J connectivity index is 1.94. The first-order chi connectivity index (χ1) is 15.5. The quantitative estimate of drug-likeness (QED) is 0.253. The summed E-state index contributed by atoms with van der Waals surface area (Å²) in [5, 5.41) is 15.0. The Morgan fingerprint density at radius 3 is 2.39 bits per heavy atom. The van der Waals surface area contributed by atoms with Gasteiger partial charge in [0.05, 0.1) is 33.1 Å². The number of anilines is 2. The molecule has 3 rings (SSSR count). The SMILES string of the molecule is O=[N+]([O-])c1ccc(NN=Cc2cccc(C(F)(F)F)c2)c(S(=O)(=O)Nc2ccccc2Cl)c1. The number of nitrogens with zero attached hydrogens (tertiary/aromatic N) is 2. The number of nitrogens with one attached hydrogen (secondary N) is 2. The summed E-state index contributed by atoms with van der Waals surface area (Å²) in [6.07, 6.45) is -3.49. The highest BCUT2D eigenvalue weighted by Crippen LogP contribution is 2.31. The van der Waals surface area contributed by atoms with Crippen LogP contribution in [0.25, 0.3) is 0 Å². The van der Waals surface area contributed by atoms with E-state index < -0.39 is 37.3 Å². The lowest BCUT2D eigenvalue weighted by atomic mass is 10.1. The molecule has 8 nitrogen and oxygen atoms in total. The number of nitro benzene ring substituents is 1. The zero-order chi connectivity index (χ0) is 24.2. The van der Waals surface area contributed by atoms with E-state index in [-0.39, 0.29) is 22.0 Å². The van der Waals surface area contributed by atoms with Gasteiger partial charge in [0.1, 0.15) is 4.90 Å². The molecule has 0 aromatic heterocycles. The Labute approximate surface area is 190 Å². The number of sulfonamides is 1. The number of hydrogen-bond donors (Lipinski definition) is 2. The van der Waals surface area contributed by atoms with Gasteiger partial charge in [0.25, 0.3) is 15.7 Å². The second kappa shape index (κ2) is 9.46. The van der Waals surface area contributed by atoms with Crippen molar-refractivity contribution in [3.8, 4) is 0 Å². The van der Waals surface area contributed by atoms with E-state index in [4.69, 9.17) is 11.6 Å². The van der Waals surface area contributed by atoms with E-state index in [1.54, 1.807) is 6.07 Å². The van der Waals surface area contributed by atoms with Gasteiger partial charge in [-0.05, 0) is 35.9 Å². The summed E-state index contributed by atoms with van der Waals surface area (Å²) in [5.74, 6) is 0. The molecule has 3 aromatic carbocycles. The molecule has 172 valence electrons. The molecule has 0 atom stereocenters. The van der Waals surface area contributed by atoms with Crippen LogP contribution < -0.4 is 10.1 Å². The van der Waals surface area contributed by atoms with E-state index in [9.17, 15) is 31.7 Å². The summed E-state index contributed by atoms with van der Waals surface area (Å²) < 4.78 is 66.7. The molecular formula is C20H14ClF3N4O4S. The van der Waals surface area contributed by atoms with Gasteiger partial charge in [-0.15, -0.1) is 0 Å². The Morgan fingerprint density at radius 2 is 1.73 bits per heavy atom. The summed E-state index contributed by atoms with van der Waals surface area (Å²) in [4.78, 5) is 9.85. The fraction of sp³-hybridized carbons (Fsp3) is 0.0500. The molecule has 0 aliphatic carbocycles. The van der Waals surface area contributed by atoms with Gasteiger partial charge in [-0.3, -0.25) is 20.3 Å². The van der Waals surface area contributed by atoms with Crippen molar-refractivity contribution in [2.75, 3.05) is 10.1 Å². The maximum absolute atomic E-state index is 12.9. The van der Waals surface area contributed by atoms with Crippen LogP contribution in [0.5, 0.6) is 0 Å². The monoisotopic (exact) mass is 498 g/mol. The molecule has 13 heteroatoms. The van der Waals surface area contributed by atoms with Crippen molar-refractivity contribution < 1.29 is 26.5 Å². The number of rotatable bonds is 7. The van der Waals surface area contributed by atoms with Gasteiger partial charge in [-0.1, -0.05) is 35.9 Å². The molecule has 0 saturated heterocycles. The molecular weight excluding hydrogens is 485 g/mol. The Morgan fingerprint density at radius 1 is 1.00 bits per heavy atom. The van der Waals surface area contributed by atoms with Crippen LogP contribution in [0.1, 0.15) is 11.1 Å². The molecule has 0 fully saturated rings. The lowest BCUT2D eigenvalue weighted by Crippen LogP contribution is -2.15. The summed E-state index contributed by atoms with van der Waals surface area (Å²) in [5.41, 5.74) is 1.02. The van der Waals surface area contributed by atoms with Crippen LogP contribution in [0.2, 0.25) is 5.02 Å². The van der Waals surface area contributed by atoms with Crippen molar-refractivity contribution in [3.63, 3.8) is 0 Å². The summed E-state index contributed by atoms with van der Waals surface area (Å²) >= 11 is 5.98. The molecule has 0 saturated carbocycles. The van der Waals surface area contributed by atoms with E-state index in [0.717, 1.165) is 36.5 Å². The highest BCUT2D eigenvalue weighted by atomic mass is 35.5. The standard InChI is InChI=1S/C20H14ClF3N4O4S/c21-16-6-1-2-7-17(16)27-33(31,32)19-11-15(28(29)30)8-9-18(19)26-25-12-13-4-3-5-14(10-13)20(22,23)24/h1-12,26-27H. The van der Waals surface area contributed by atoms with Crippen LogP contribution in [0.15, 0.2) is 76.7 Å². The molecule has 0 bridgehead atoms. The number of para-hydroxylation sites is 1. The van der Waals surface area contributed by atoms with Crippen molar-refractivity contribution in [2.45, 2.75) is 11.1 Å². The normalized spacial score (nSPS) is 12.0. The van der Waals surface area contributed by atoms with Crippen molar-refractivity contribution in [1.29, 1.82) is 0 Å². The number of non-ortho nitro benzene ring substituents is 1. The number of halogens is 4. The maximum atomic E-state index is 12.9. The molecule has 3 aromatic rings. The fourth-order valence-corrected chi connectivity index (χ4v) is 4.15. The number of benzene rings is 3. The summed E-state index contributed by atoms with van der Waals surface area (Å²) in [6.45, 7) is 0. The van der Waals surface area contributed by atoms with Crippen LogP contribution >= 0.6 is 11.6 Å². The van der Waals surface area contributed by atoms with Gasteiger partial charge in [-0.2, -0.15) is 18.3 Å². The smallest absolute Gasteiger partial charge is 0.278 e. The number of nitro groups is 1. The number of hydrogen-bond acceptors (Lipinski definition) is 6. The summed E-state index contributed by atoms with van der Waals surface area (Å²) in [6, 6.07) is 13.3. The third kappa shape index (κ3) is 5.99. The average Bonchev–Trinajstić information content (AvgIpc) is 2.75. The molecule has 0 amide bonds. The van der Waals surface area contributed by atoms with Gasteiger partial charge >= 0.3 is 6.18 Å². The van der Waals surface area contributed by atoms with Crippen LogP contribution in [0, 0.1) is 10.1 Å². The van der Waals surface area contributed by atoms with Gasteiger partial charge < -0.3 is 0 Å². The average molecular weight is 499 g/mol. The first-order valence-electron chi connectivity index (χ1n) is 8.99. The lowest BCUT2D eigenvalue weighted by Gasteiger charge is -2.13. The van der Waals surface area contributed by atoms with E-state index in [0.29, 0.717) is 0 Å². The minimum absolute atomic E-state index is 0.0455. The largest absolute Gasteiger partial charge is 0.416 e. The van der Waals surface area contributed by atoms with Crippen LogP contribution in [-0.2, 0) is 16.2 Å². The predicted molar refractivity (Wildman–Crippen MR) is 118 cm³/mol. The molecule has 33 heavy (non-hydrogen) atoms. The van der Waals surface area contributed by atoms with Gasteiger partial charge in [0, 0.05) is 12.1 Å². The topological polar surface area (TPSA) is 114 Å². The Bertz CT molecular complexity index is 1330. The van der Waals surface area contributed by atoms with Crippen molar-refractivity contribution >= 4 is 44.9 Å². The molecule has 0 aliphatic heterocycles. The van der Waals surface area contributed by atoms with E-state index in [1.807, 2.05) is 0 Å². The Hall–Kier alpha value is -3.64. The van der Waals surface area contributed by atoms with E-state index in [2.05, 4.69) is 15.2 Å². The van der Waals surface area contributed by atoms with Crippen molar-refractivity contribution in [2.24, 2.45) is 5.10 Å². The second-order valence-electron chi connectivity index (χ2n) is 6.52. The zero-order valence-electron chi connectivity index (χ0n) is 16.4. The molecule has 0 spiro atoms. The number of alkyl halides is 3. The first kappa shape index (κ1) is 24.0. The molecule has 0 radical (unpaired) electrons. The lowest BCUT2D eigenvalue weighted by molar-refractivity contribution is -0.385. The van der Waals surface area contributed by atoms with Crippen LogP contribution in [-0.4, -0.2) is 19.6 Å². The minimum atomic E-state index is -4.54. The highest BCUT2D eigenvalue weighted by molar-refractivity contribution is 7.93. The first-order valence-corrected chi connectivity index (χ1v) is 10.9. The summed E-state index contributed by atoms with van der Waals surface area (Å²) in [7, 11) is -4.37. The Kier molecular flexibility index (Phi) is 6.89. The molecule has 0 unspecified atom stereocenters. The highest BCUT2D eigenvalue weighted by Gasteiger charge is 2.30. The second-order valence-corrected chi connectivity index (χ2v) is 8.57. The fourth-order valence-electron chi connectivity index (χ4n) is 2.65. The molecule has 0 heterocycles. The van der Waals surface area contributed by atoms with Crippen LogP contribution in [0.4, 0.5) is 30.2 Å². The van der Waals surface area contributed by atoms with Crippen LogP contribution in [0.3, 0.4) is 0 Å². The van der Waals surface area contributed by atoms with E-state index in [1.165, 1.54) is 30.3 Å². The predicted octanol–water partition coefficient (Wildman–Crippen LogP) is 5.51. The third-order valence-corrected chi connectivity index (χ3v) is 5.93. The minimum Gasteiger partial charge on any atom is -0.278 e. The number of hydrazone groups is 1. The van der Waals surface area contributed by atoms with Gasteiger partial charge in [0.15, 0.2) is 0 Å².